The molecule has 1 aromatic heterocycles. The van der Waals surface area contributed by atoms with Gasteiger partial charge in [-0.1, -0.05) is 11.6 Å². The molecule has 1 atom stereocenters. The number of halogens is 4. The summed E-state index contributed by atoms with van der Waals surface area (Å²) in [6.45, 7) is 3.23. The van der Waals surface area contributed by atoms with E-state index < -0.39 is 12.1 Å². The van der Waals surface area contributed by atoms with E-state index in [1.807, 2.05) is 6.92 Å². The van der Waals surface area contributed by atoms with Crippen molar-refractivity contribution in [2.45, 2.75) is 45.7 Å². The summed E-state index contributed by atoms with van der Waals surface area (Å²) in [6.07, 6.45) is -1.43. The minimum absolute atomic E-state index is 0.0774. The lowest BCUT2D eigenvalue weighted by Gasteiger charge is -2.35. The Morgan fingerprint density at radius 2 is 2.16 bits per heavy atom. The number of rotatable bonds is 3. The maximum atomic E-state index is 13.4. The zero-order valence-electron chi connectivity index (χ0n) is 13.8. The molecule has 2 aromatic rings. The molecule has 134 valence electrons. The Morgan fingerprint density at radius 1 is 1.44 bits per heavy atom. The monoisotopic (exact) mass is 371 g/mol. The van der Waals surface area contributed by atoms with E-state index in [1.165, 1.54) is 23.7 Å². The molecule has 0 N–H and O–H groups in total. The van der Waals surface area contributed by atoms with Crippen LogP contribution in [-0.2, 0) is 17.8 Å². The second-order valence-corrected chi connectivity index (χ2v) is 6.55. The summed E-state index contributed by atoms with van der Waals surface area (Å²) in [4.78, 5) is 14.4. The van der Waals surface area contributed by atoms with E-state index >= 15 is 0 Å². The average Bonchev–Trinajstić information content (AvgIpc) is 2.83. The summed E-state index contributed by atoms with van der Waals surface area (Å²) in [7, 11) is 0. The van der Waals surface area contributed by atoms with Gasteiger partial charge in [-0.15, -0.1) is 0 Å². The zero-order chi connectivity index (χ0) is 18.3. The van der Waals surface area contributed by atoms with Crippen molar-refractivity contribution in [2.75, 3.05) is 4.90 Å². The number of nitrogens with zero attached hydrogens (tertiary/aromatic N) is 3. The molecule has 1 unspecified atom stereocenters. The predicted octanol–water partition coefficient (Wildman–Crippen LogP) is 4.29. The Kier molecular flexibility index (Phi) is 4.77. The average molecular weight is 372 g/mol. The maximum absolute atomic E-state index is 13.4. The largest absolute Gasteiger partial charge is 0.308 e. The van der Waals surface area contributed by atoms with E-state index in [-0.39, 0.29) is 29.3 Å². The summed E-state index contributed by atoms with van der Waals surface area (Å²) in [5.74, 6) is -0.653. The Balaban J connectivity index is 1.91. The van der Waals surface area contributed by atoms with Crippen molar-refractivity contribution >= 4 is 23.2 Å². The molecule has 0 saturated carbocycles. The number of amides is 1. The van der Waals surface area contributed by atoms with Gasteiger partial charge < -0.3 is 4.90 Å². The maximum Gasteiger partial charge on any atom is 0.283 e. The molecule has 3 rings (SSSR count). The fourth-order valence-corrected chi connectivity index (χ4v) is 3.36. The number of aromatic nitrogens is 2. The van der Waals surface area contributed by atoms with E-state index in [2.05, 4.69) is 5.10 Å². The smallest absolute Gasteiger partial charge is 0.283 e. The molecule has 0 aliphatic carbocycles. The number of carbonyl (C=O) groups excluding carboxylic acids is 1. The fraction of sp³-hybridized carbons (Fsp3) is 0.412. The molecule has 0 spiro atoms. The van der Waals surface area contributed by atoms with Crippen LogP contribution >= 0.6 is 11.6 Å². The molecule has 1 aliphatic heterocycles. The number of hydrogen-bond acceptors (Lipinski definition) is 2. The van der Waals surface area contributed by atoms with E-state index in [4.69, 9.17) is 11.6 Å². The van der Waals surface area contributed by atoms with Gasteiger partial charge in [-0.05, 0) is 50.5 Å². The Labute approximate surface area is 148 Å². The number of alkyl halides is 2. The quantitative estimate of drug-likeness (QED) is 0.807. The minimum Gasteiger partial charge on any atom is -0.308 e. The van der Waals surface area contributed by atoms with Crippen molar-refractivity contribution in [2.24, 2.45) is 0 Å². The summed E-state index contributed by atoms with van der Waals surface area (Å²) >= 11 is 5.88. The molecule has 25 heavy (non-hydrogen) atoms. The molecule has 1 aromatic carbocycles. The second kappa shape index (κ2) is 6.71. The molecule has 0 radical (unpaired) electrons. The first kappa shape index (κ1) is 17.8. The van der Waals surface area contributed by atoms with Crippen LogP contribution in [0.3, 0.4) is 0 Å². The normalized spacial score (nSPS) is 17.1. The third-order valence-electron chi connectivity index (χ3n) is 4.49. The third kappa shape index (κ3) is 3.25. The van der Waals surface area contributed by atoms with E-state index in [9.17, 15) is 18.0 Å². The SMILES string of the molecule is Cc1c(Cl)c(C(F)F)nn1CC(=O)N1c2ccc(F)cc2CCC1C. The van der Waals surface area contributed by atoms with Gasteiger partial charge in [0.05, 0.1) is 10.7 Å². The van der Waals surface area contributed by atoms with Gasteiger partial charge in [0.1, 0.15) is 18.1 Å². The first-order valence-electron chi connectivity index (χ1n) is 7.91. The minimum atomic E-state index is -2.81. The van der Waals surface area contributed by atoms with Gasteiger partial charge in [0.15, 0.2) is 0 Å². The molecule has 1 aliphatic rings. The molecule has 1 amide bonds. The van der Waals surface area contributed by atoms with Gasteiger partial charge in [0.25, 0.3) is 6.43 Å². The number of benzene rings is 1. The van der Waals surface area contributed by atoms with Gasteiger partial charge in [0.2, 0.25) is 5.91 Å². The lowest BCUT2D eigenvalue weighted by Crippen LogP contribution is -2.44. The molecule has 0 fully saturated rings. The molecule has 0 saturated heterocycles. The van der Waals surface area contributed by atoms with Crippen molar-refractivity contribution in [3.8, 4) is 0 Å². The lowest BCUT2D eigenvalue weighted by molar-refractivity contribution is -0.119. The van der Waals surface area contributed by atoms with Crippen LogP contribution < -0.4 is 4.90 Å². The molecular formula is C17H17ClF3N3O. The van der Waals surface area contributed by atoms with Crippen molar-refractivity contribution in [3.05, 3.63) is 46.0 Å². The molecule has 2 heterocycles. The summed E-state index contributed by atoms with van der Waals surface area (Å²) < 4.78 is 40.5. The highest BCUT2D eigenvalue weighted by molar-refractivity contribution is 6.31. The summed E-state index contributed by atoms with van der Waals surface area (Å²) in [5, 5.41) is 3.64. The highest BCUT2D eigenvalue weighted by Crippen LogP contribution is 2.32. The molecular weight excluding hydrogens is 355 g/mol. The van der Waals surface area contributed by atoms with Crippen molar-refractivity contribution in [3.63, 3.8) is 0 Å². The van der Waals surface area contributed by atoms with Gasteiger partial charge in [-0.2, -0.15) is 5.10 Å². The summed E-state index contributed by atoms with van der Waals surface area (Å²) in [5.41, 5.74) is 1.19. The van der Waals surface area contributed by atoms with Gasteiger partial charge in [-0.3, -0.25) is 9.48 Å². The van der Waals surface area contributed by atoms with Crippen LogP contribution in [-0.4, -0.2) is 21.7 Å². The van der Waals surface area contributed by atoms with E-state index in [0.717, 1.165) is 5.56 Å². The number of fused-ring (bicyclic) bond motifs is 1. The predicted molar refractivity (Wildman–Crippen MR) is 88.6 cm³/mol. The first-order valence-corrected chi connectivity index (χ1v) is 8.28. The Hall–Kier alpha value is -2.02. The van der Waals surface area contributed by atoms with Crippen LogP contribution in [0, 0.1) is 12.7 Å². The number of aryl methyl sites for hydroxylation is 1. The fourth-order valence-electron chi connectivity index (χ4n) is 3.15. The van der Waals surface area contributed by atoms with E-state index in [0.29, 0.717) is 24.2 Å². The van der Waals surface area contributed by atoms with Crippen molar-refractivity contribution in [1.29, 1.82) is 0 Å². The lowest BCUT2D eigenvalue weighted by atomic mass is 9.96. The highest BCUT2D eigenvalue weighted by Gasteiger charge is 2.30. The summed E-state index contributed by atoms with van der Waals surface area (Å²) in [6, 6.07) is 4.23. The van der Waals surface area contributed by atoms with Crippen molar-refractivity contribution < 1.29 is 18.0 Å². The van der Waals surface area contributed by atoms with Crippen LogP contribution in [0.25, 0.3) is 0 Å². The van der Waals surface area contributed by atoms with Gasteiger partial charge >= 0.3 is 0 Å². The topological polar surface area (TPSA) is 38.1 Å². The van der Waals surface area contributed by atoms with Crippen molar-refractivity contribution in [1.82, 2.24) is 9.78 Å². The van der Waals surface area contributed by atoms with Gasteiger partial charge in [0, 0.05) is 11.7 Å². The molecule has 0 bridgehead atoms. The van der Waals surface area contributed by atoms with Crippen LogP contribution in [0.15, 0.2) is 18.2 Å². The zero-order valence-corrected chi connectivity index (χ0v) is 14.5. The number of anilines is 1. The molecule has 4 nitrogen and oxygen atoms in total. The first-order chi connectivity index (χ1) is 11.8. The standard InChI is InChI=1S/C17H17ClF3N3O/c1-9-3-4-11-7-12(19)5-6-13(11)24(9)14(25)8-23-10(2)15(18)16(22-23)17(20)21/h5-7,9,17H,3-4,8H2,1-2H3. The molecule has 8 heteroatoms. The third-order valence-corrected chi connectivity index (χ3v) is 4.96. The second-order valence-electron chi connectivity index (χ2n) is 6.17. The number of carbonyl (C=O) groups is 1. The van der Waals surface area contributed by atoms with E-state index in [1.54, 1.807) is 11.0 Å². The highest BCUT2D eigenvalue weighted by atomic mass is 35.5. The van der Waals surface area contributed by atoms with Gasteiger partial charge in [-0.25, -0.2) is 13.2 Å². The van der Waals surface area contributed by atoms with Crippen LogP contribution in [0.5, 0.6) is 0 Å². The Morgan fingerprint density at radius 3 is 2.80 bits per heavy atom. The van der Waals surface area contributed by atoms with Crippen LogP contribution in [0.4, 0.5) is 18.9 Å². The van der Waals surface area contributed by atoms with Crippen LogP contribution in [0.2, 0.25) is 5.02 Å². The van der Waals surface area contributed by atoms with Crippen LogP contribution in [0.1, 0.15) is 36.7 Å². The number of hydrogen-bond donors (Lipinski definition) is 0. The Bertz CT molecular complexity index is 822.